The molecular formula is C23H20FN3O2. The lowest BCUT2D eigenvalue weighted by molar-refractivity contribution is 0.0796. The summed E-state index contributed by atoms with van der Waals surface area (Å²) in [7, 11) is 1.76. The molecule has 146 valence electrons. The van der Waals surface area contributed by atoms with E-state index in [2.05, 4.69) is 9.97 Å². The zero-order valence-corrected chi connectivity index (χ0v) is 16.0. The van der Waals surface area contributed by atoms with Crippen LogP contribution in [0.2, 0.25) is 0 Å². The van der Waals surface area contributed by atoms with Gasteiger partial charge in [0.2, 0.25) is 0 Å². The van der Waals surface area contributed by atoms with E-state index in [9.17, 15) is 9.18 Å². The van der Waals surface area contributed by atoms with Crippen molar-refractivity contribution in [2.24, 2.45) is 0 Å². The van der Waals surface area contributed by atoms with Crippen LogP contribution < -0.4 is 0 Å². The van der Waals surface area contributed by atoms with Crippen molar-refractivity contribution < 1.29 is 13.6 Å². The first-order valence-corrected chi connectivity index (χ1v) is 9.38. The van der Waals surface area contributed by atoms with Gasteiger partial charge in [-0.15, -0.1) is 0 Å². The normalized spacial score (nSPS) is 11.0. The zero-order chi connectivity index (χ0) is 20.2. The molecule has 29 heavy (non-hydrogen) atoms. The number of pyridine rings is 1. The van der Waals surface area contributed by atoms with Crippen molar-refractivity contribution in [3.05, 3.63) is 95.4 Å². The third-order valence-electron chi connectivity index (χ3n) is 4.76. The van der Waals surface area contributed by atoms with Crippen LogP contribution >= 0.6 is 0 Å². The lowest BCUT2D eigenvalue weighted by atomic mass is 10.1. The molecule has 0 bridgehead atoms. The Morgan fingerprint density at radius 2 is 1.93 bits per heavy atom. The van der Waals surface area contributed by atoms with Crippen LogP contribution in [0.4, 0.5) is 4.39 Å². The molecule has 2 aromatic heterocycles. The average Bonchev–Trinajstić information content (AvgIpc) is 3.15. The molecule has 6 heteroatoms. The molecular weight excluding hydrogens is 369 g/mol. The number of rotatable bonds is 6. The number of amides is 1. The van der Waals surface area contributed by atoms with Crippen molar-refractivity contribution in [1.29, 1.82) is 0 Å². The number of hydrogen-bond acceptors (Lipinski definition) is 4. The van der Waals surface area contributed by atoms with Crippen molar-refractivity contribution in [2.45, 2.75) is 12.8 Å². The van der Waals surface area contributed by atoms with Crippen molar-refractivity contribution in [1.82, 2.24) is 14.9 Å². The number of oxazole rings is 1. The average molecular weight is 389 g/mol. The van der Waals surface area contributed by atoms with Crippen molar-refractivity contribution in [2.75, 3.05) is 13.6 Å². The van der Waals surface area contributed by atoms with Crippen LogP contribution in [0.25, 0.3) is 11.1 Å². The minimum absolute atomic E-state index is 0.102. The van der Waals surface area contributed by atoms with Gasteiger partial charge in [0.1, 0.15) is 11.3 Å². The molecule has 5 nitrogen and oxygen atoms in total. The minimum atomic E-state index is -0.292. The van der Waals surface area contributed by atoms with E-state index < -0.39 is 0 Å². The van der Waals surface area contributed by atoms with E-state index in [1.54, 1.807) is 54.5 Å². The van der Waals surface area contributed by atoms with Crippen LogP contribution in [-0.4, -0.2) is 34.4 Å². The summed E-state index contributed by atoms with van der Waals surface area (Å²) < 4.78 is 19.6. The highest BCUT2D eigenvalue weighted by molar-refractivity contribution is 5.96. The second kappa shape index (κ2) is 8.22. The highest BCUT2D eigenvalue weighted by atomic mass is 19.1. The largest absolute Gasteiger partial charge is 0.440 e. The topological polar surface area (TPSA) is 59.2 Å². The molecule has 0 aliphatic heterocycles. The monoisotopic (exact) mass is 389 g/mol. The molecule has 0 aliphatic rings. The van der Waals surface area contributed by atoms with Gasteiger partial charge in [0.15, 0.2) is 11.5 Å². The Bertz CT molecular complexity index is 1140. The fourth-order valence-electron chi connectivity index (χ4n) is 3.14. The van der Waals surface area contributed by atoms with Crippen LogP contribution in [0, 0.1) is 5.82 Å². The Morgan fingerprint density at radius 1 is 1.10 bits per heavy atom. The molecule has 0 atom stereocenters. The fourth-order valence-corrected chi connectivity index (χ4v) is 3.14. The van der Waals surface area contributed by atoms with Gasteiger partial charge >= 0.3 is 0 Å². The van der Waals surface area contributed by atoms with E-state index in [0.717, 1.165) is 5.69 Å². The lowest BCUT2D eigenvalue weighted by Gasteiger charge is -2.16. The Kier molecular flexibility index (Phi) is 5.33. The second-order valence-corrected chi connectivity index (χ2v) is 6.86. The third-order valence-corrected chi connectivity index (χ3v) is 4.76. The maximum atomic E-state index is 13.9. The Balaban J connectivity index is 1.48. The number of aromatic nitrogens is 2. The first-order chi connectivity index (χ1) is 14.1. The number of carbonyl (C=O) groups is 1. The first kappa shape index (κ1) is 18.8. The molecule has 0 aliphatic carbocycles. The van der Waals surface area contributed by atoms with E-state index >= 15 is 0 Å². The van der Waals surface area contributed by atoms with Gasteiger partial charge in [-0.3, -0.25) is 9.78 Å². The van der Waals surface area contributed by atoms with E-state index in [1.165, 1.54) is 6.07 Å². The predicted molar refractivity (Wildman–Crippen MR) is 108 cm³/mol. The molecule has 2 aromatic carbocycles. The maximum Gasteiger partial charge on any atom is 0.253 e. The van der Waals surface area contributed by atoms with Crippen LogP contribution in [-0.2, 0) is 12.8 Å². The van der Waals surface area contributed by atoms with Crippen molar-refractivity contribution in [3.8, 4) is 0 Å². The van der Waals surface area contributed by atoms with Crippen molar-refractivity contribution in [3.63, 3.8) is 0 Å². The van der Waals surface area contributed by atoms with Crippen LogP contribution in [0.5, 0.6) is 0 Å². The van der Waals surface area contributed by atoms with Gasteiger partial charge in [0.25, 0.3) is 5.91 Å². The number of hydrogen-bond donors (Lipinski definition) is 0. The van der Waals surface area contributed by atoms with E-state index in [1.807, 2.05) is 18.2 Å². The smallest absolute Gasteiger partial charge is 0.253 e. The molecule has 1 amide bonds. The molecule has 0 spiro atoms. The molecule has 4 aromatic rings. The van der Waals surface area contributed by atoms with E-state index in [4.69, 9.17) is 4.42 Å². The summed E-state index contributed by atoms with van der Waals surface area (Å²) in [6.45, 7) is 0.558. The zero-order valence-electron chi connectivity index (χ0n) is 16.0. The molecule has 2 heterocycles. The molecule has 0 saturated carbocycles. The number of carbonyl (C=O) groups excluding carboxylic acids is 1. The minimum Gasteiger partial charge on any atom is -0.440 e. The number of likely N-dealkylation sites (N-methyl/N-ethyl adjacent to an activating group) is 1. The van der Waals surface area contributed by atoms with Gasteiger partial charge in [-0.1, -0.05) is 24.3 Å². The Hall–Kier alpha value is -3.54. The number of nitrogens with zero attached hydrogens (tertiary/aromatic N) is 3. The van der Waals surface area contributed by atoms with Gasteiger partial charge in [-0.25, -0.2) is 9.37 Å². The Labute approximate surface area is 167 Å². The molecule has 0 N–H and O–H groups in total. The van der Waals surface area contributed by atoms with Crippen LogP contribution in [0.15, 0.2) is 71.3 Å². The molecule has 0 radical (unpaired) electrons. The van der Waals surface area contributed by atoms with Gasteiger partial charge in [-0.05, 0) is 42.0 Å². The predicted octanol–water partition coefficient (Wildman–Crippen LogP) is 4.27. The standard InChI is InChI=1S/C23H20FN3O2/c1-27(13-11-18-7-4-5-12-25-18)23(28)17-9-10-20-21(14-17)29-22(26-20)15-16-6-2-3-8-19(16)24/h2-10,12,14H,11,13,15H2,1H3. The molecule has 0 fully saturated rings. The first-order valence-electron chi connectivity index (χ1n) is 9.38. The van der Waals surface area contributed by atoms with E-state index in [0.29, 0.717) is 41.1 Å². The fraction of sp³-hybridized carbons (Fsp3) is 0.174. The quantitative estimate of drug-likeness (QED) is 0.494. The van der Waals surface area contributed by atoms with Crippen LogP contribution in [0.1, 0.15) is 27.5 Å². The summed E-state index contributed by atoms with van der Waals surface area (Å²) >= 11 is 0. The SMILES string of the molecule is CN(CCc1ccccn1)C(=O)c1ccc2nc(Cc3ccccc3F)oc2c1. The lowest BCUT2D eigenvalue weighted by Crippen LogP contribution is -2.28. The number of halogens is 1. The van der Waals surface area contributed by atoms with Gasteiger partial charge in [-0.2, -0.15) is 0 Å². The number of fused-ring (bicyclic) bond motifs is 1. The number of benzene rings is 2. The van der Waals surface area contributed by atoms with E-state index in [-0.39, 0.29) is 18.1 Å². The van der Waals surface area contributed by atoms with Gasteiger partial charge < -0.3 is 9.32 Å². The third kappa shape index (κ3) is 4.32. The molecule has 0 saturated heterocycles. The maximum absolute atomic E-state index is 13.9. The van der Waals surface area contributed by atoms with Gasteiger partial charge in [0.05, 0.1) is 6.42 Å². The highest BCUT2D eigenvalue weighted by Crippen LogP contribution is 2.21. The molecule has 4 rings (SSSR count). The summed E-state index contributed by atoms with van der Waals surface area (Å²) in [6, 6.07) is 17.5. The van der Waals surface area contributed by atoms with Crippen molar-refractivity contribution >= 4 is 17.0 Å². The van der Waals surface area contributed by atoms with Crippen LogP contribution in [0.3, 0.4) is 0 Å². The Morgan fingerprint density at radius 3 is 2.72 bits per heavy atom. The summed E-state index contributed by atoms with van der Waals surface area (Å²) in [5.74, 6) is 0.0215. The summed E-state index contributed by atoms with van der Waals surface area (Å²) in [6.07, 6.45) is 2.68. The molecule has 0 unspecified atom stereocenters. The summed E-state index contributed by atoms with van der Waals surface area (Å²) in [5, 5.41) is 0. The second-order valence-electron chi connectivity index (χ2n) is 6.86. The summed E-state index contributed by atoms with van der Waals surface area (Å²) in [5.41, 5.74) is 3.14. The van der Waals surface area contributed by atoms with Gasteiger partial charge in [0, 0.05) is 37.5 Å². The summed E-state index contributed by atoms with van der Waals surface area (Å²) in [4.78, 5) is 23.1. The highest BCUT2D eigenvalue weighted by Gasteiger charge is 2.15.